The van der Waals surface area contributed by atoms with Crippen molar-refractivity contribution < 1.29 is 9.53 Å². The summed E-state index contributed by atoms with van der Waals surface area (Å²) in [5, 5.41) is 0. The zero-order valence-electron chi connectivity index (χ0n) is 13.6. The largest absolute Gasteiger partial charge is 0.444 e. The van der Waals surface area contributed by atoms with Crippen LogP contribution in [0.25, 0.3) is 0 Å². The van der Waals surface area contributed by atoms with Gasteiger partial charge in [0.1, 0.15) is 6.61 Å². The molecule has 0 unspecified atom stereocenters. The van der Waals surface area contributed by atoms with Gasteiger partial charge in [-0.05, 0) is 29.7 Å². The van der Waals surface area contributed by atoms with Gasteiger partial charge in [0.15, 0.2) is 0 Å². The molecule has 0 radical (unpaired) electrons. The summed E-state index contributed by atoms with van der Waals surface area (Å²) in [7, 11) is 0. The number of nitrogens with zero attached hydrogens (tertiary/aromatic N) is 1. The molecule has 0 saturated carbocycles. The molecule has 0 saturated heterocycles. The van der Waals surface area contributed by atoms with E-state index < -0.39 is 0 Å². The molecule has 0 aliphatic carbocycles. The number of amides is 1. The van der Waals surface area contributed by atoms with Crippen molar-refractivity contribution in [1.82, 2.24) is 0 Å². The van der Waals surface area contributed by atoms with Crippen molar-refractivity contribution in [3.05, 3.63) is 63.6 Å². The molecule has 0 aromatic heterocycles. The highest BCUT2D eigenvalue weighted by Crippen LogP contribution is 2.46. The van der Waals surface area contributed by atoms with Crippen LogP contribution in [-0.4, -0.2) is 12.6 Å². The standard InChI is InChI=1S/C19H20BrNO2/c1-13-9-10-15(20)16-17(13)21(12-19(16,2)3)18(22)23-11-14-7-5-4-6-8-14/h4-10H,11-12H2,1-3H3. The number of carbonyl (C=O) groups excluding carboxylic acids is 1. The number of anilines is 1. The molecule has 0 spiro atoms. The van der Waals surface area contributed by atoms with E-state index in [0.717, 1.165) is 21.3 Å². The predicted molar refractivity (Wildman–Crippen MR) is 95.9 cm³/mol. The average molecular weight is 374 g/mol. The van der Waals surface area contributed by atoms with Crippen molar-refractivity contribution in [1.29, 1.82) is 0 Å². The molecular weight excluding hydrogens is 354 g/mol. The minimum atomic E-state index is -0.290. The first-order valence-corrected chi connectivity index (χ1v) is 8.47. The Morgan fingerprint density at radius 1 is 1.22 bits per heavy atom. The number of ether oxygens (including phenoxy) is 1. The Morgan fingerprint density at radius 2 is 1.91 bits per heavy atom. The van der Waals surface area contributed by atoms with Crippen LogP contribution in [0.3, 0.4) is 0 Å². The fraction of sp³-hybridized carbons (Fsp3) is 0.316. The number of benzene rings is 2. The summed E-state index contributed by atoms with van der Waals surface area (Å²) in [5.41, 5.74) is 4.12. The van der Waals surface area contributed by atoms with Gasteiger partial charge in [0.2, 0.25) is 0 Å². The first kappa shape index (κ1) is 16.1. The average Bonchev–Trinajstić information content (AvgIpc) is 2.82. The Hall–Kier alpha value is -1.81. The maximum Gasteiger partial charge on any atom is 0.414 e. The van der Waals surface area contributed by atoms with Crippen LogP contribution in [0.1, 0.15) is 30.5 Å². The van der Waals surface area contributed by atoms with Gasteiger partial charge in [0.05, 0.1) is 5.69 Å². The van der Waals surface area contributed by atoms with Crippen molar-refractivity contribution in [3.8, 4) is 0 Å². The number of carbonyl (C=O) groups is 1. The Morgan fingerprint density at radius 3 is 2.61 bits per heavy atom. The van der Waals surface area contributed by atoms with Crippen molar-refractivity contribution in [2.75, 3.05) is 11.4 Å². The fourth-order valence-electron chi connectivity index (χ4n) is 3.17. The molecule has 1 aliphatic rings. The minimum absolute atomic E-state index is 0.105. The highest BCUT2D eigenvalue weighted by molar-refractivity contribution is 9.10. The van der Waals surface area contributed by atoms with Crippen LogP contribution in [0.5, 0.6) is 0 Å². The van der Waals surface area contributed by atoms with Gasteiger partial charge in [0, 0.05) is 16.4 Å². The third-order valence-corrected chi connectivity index (χ3v) is 4.92. The molecule has 2 aromatic carbocycles. The summed E-state index contributed by atoms with van der Waals surface area (Å²) < 4.78 is 6.57. The number of aryl methyl sites for hydroxylation is 1. The molecule has 0 bridgehead atoms. The molecule has 2 aromatic rings. The van der Waals surface area contributed by atoms with Gasteiger partial charge in [-0.1, -0.05) is 66.2 Å². The quantitative estimate of drug-likeness (QED) is 0.724. The molecule has 1 aliphatic heterocycles. The van der Waals surface area contributed by atoms with Crippen molar-refractivity contribution in [2.45, 2.75) is 32.8 Å². The lowest BCUT2D eigenvalue weighted by atomic mass is 9.86. The van der Waals surface area contributed by atoms with E-state index >= 15 is 0 Å². The van der Waals surface area contributed by atoms with E-state index in [0.29, 0.717) is 13.2 Å². The summed E-state index contributed by atoms with van der Waals surface area (Å²) in [4.78, 5) is 14.4. The van der Waals surface area contributed by atoms with E-state index in [9.17, 15) is 4.79 Å². The molecule has 3 nitrogen and oxygen atoms in total. The van der Waals surface area contributed by atoms with E-state index in [1.165, 1.54) is 5.56 Å². The maximum absolute atomic E-state index is 12.6. The monoisotopic (exact) mass is 373 g/mol. The number of halogens is 1. The summed E-state index contributed by atoms with van der Waals surface area (Å²) in [6, 6.07) is 13.8. The molecule has 4 heteroatoms. The topological polar surface area (TPSA) is 29.5 Å². The number of hydrogen-bond donors (Lipinski definition) is 0. The molecule has 1 amide bonds. The fourth-order valence-corrected chi connectivity index (χ4v) is 4.03. The van der Waals surface area contributed by atoms with Gasteiger partial charge >= 0.3 is 6.09 Å². The van der Waals surface area contributed by atoms with Crippen LogP contribution in [0.2, 0.25) is 0 Å². The summed E-state index contributed by atoms with van der Waals surface area (Å²) >= 11 is 3.63. The number of hydrogen-bond acceptors (Lipinski definition) is 2. The Labute approximate surface area is 145 Å². The van der Waals surface area contributed by atoms with Crippen LogP contribution in [0, 0.1) is 6.92 Å². The van der Waals surface area contributed by atoms with E-state index in [1.807, 2.05) is 43.3 Å². The van der Waals surface area contributed by atoms with Gasteiger partial charge in [-0.2, -0.15) is 0 Å². The first-order valence-electron chi connectivity index (χ1n) is 7.68. The number of rotatable bonds is 2. The molecule has 0 N–H and O–H groups in total. The van der Waals surface area contributed by atoms with Crippen molar-refractivity contribution in [2.24, 2.45) is 0 Å². The van der Waals surface area contributed by atoms with Crippen LogP contribution < -0.4 is 4.90 Å². The highest BCUT2D eigenvalue weighted by atomic mass is 79.9. The second-order valence-corrected chi connectivity index (χ2v) is 7.45. The Kier molecular flexibility index (Phi) is 4.19. The second kappa shape index (κ2) is 6.00. The molecule has 23 heavy (non-hydrogen) atoms. The molecule has 120 valence electrons. The third kappa shape index (κ3) is 3.00. The maximum atomic E-state index is 12.6. The predicted octanol–water partition coefficient (Wildman–Crippen LogP) is 5.19. The van der Waals surface area contributed by atoms with E-state index in [1.54, 1.807) is 4.90 Å². The first-order chi connectivity index (χ1) is 10.9. The van der Waals surface area contributed by atoms with Gasteiger partial charge in [-0.15, -0.1) is 0 Å². The van der Waals surface area contributed by atoms with E-state index in [-0.39, 0.29) is 11.5 Å². The lowest BCUT2D eigenvalue weighted by Crippen LogP contribution is -2.34. The molecule has 0 atom stereocenters. The summed E-state index contributed by atoms with van der Waals surface area (Å²) in [6.07, 6.45) is -0.290. The summed E-state index contributed by atoms with van der Waals surface area (Å²) in [6.45, 7) is 7.25. The molecule has 0 fully saturated rings. The zero-order valence-corrected chi connectivity index (χ0v) is 15.2. The third-order valence-electron chi connectivity index (χ3n) is 4.25. The SMILES string of the molecule is Cc1ccc(Br)c2c1N(C(=O)OCc1ccccc1)CC2(C)C. The number of fused-ring (bicyclic) bond motifs is 1. The minimum Gasteiger partial charge on any atom is -0.444 e. The van der Waals surface area contributed by atoms with Gasteiger partial charge < -0.3 is 4.74 Å². The molecule has 3 rings (SSSR count). The molecular formula is C19H20BrNO2. The lowest BCUT2D eigenvalue weighted by Gasteiger charge is -2.21. The van der Waals surface area contributed by atoms with Gasteiger partial charge in [0.25, 0.3) is 0 Å². The zero-order chi connectivity index (χ0) is 16.6. The normalized spacial score (nSPS) is 15.4. The summed E-state index contributed by atoms with van der Waals surface area (Å²) in [5.74, 6) is 0. The van der Waals surface area contributed by atoms with Crippen LogP contribution >= 0.6 is 15.9 Å². The van der Waals surface area contributed by atoms with Crippen LogP contribution in [-0.2, 0) is 16.8 Å². The van der Waals surface area contributed by atoms with Crippen LogP contribution in [0.4, 0.5) is 10.5 Å². The van der Waals surface area contributed by atoms with E-state index in [4.69, 9.17) is 4.74 Å². The van der Waals surface area contributed by atoms with E-state index in [2.05, 4.69) is 35.8 Å². The molecule has 1 heterocycles. The van der Waals surface area contributed by atoms with Gasteiger partial charge in [-0.25, -0.2) is 4.79 Å². The lowest BCUT2D eigenvalue weighted by molar-refractivity contribution is 0.146. The Bertz CT molecular complexity index is 741. The van der Waals surface area contributed by atoms with Gasteiger partial charge in [-0.3, -0.25) is 4.90 Å². The second-order valence-electron chi connectivity index (χ2n) is 6.60. The van der Waals surface area contributed by atoms with Crippen LogP contribution in [0.15, 0.2) is 46.9 Å². The van der Waals surface area contributed by atoms with Crippen molar-refractivity contribution in [3.63, 3.8) is 0 Å². The Balaban J connectivity index is 1.85. The smallest absolute Gasteiger partial charge is 0.414 e. The van der Waals surface area contributed by atoms with Crippen molar-refractivity contribution >= 4 is 27.7 Å². The highest BCUT2D eigenvalue weighted by Gasteiger charge is 2.41.